The highest BCUT2D eigenvalue weighted by molar-refractivity contribution is 5.84. The molecule has 0 aromatic heterocycles. The Morgan fingerprint density at radius 1 is 1.06 bits per heavy atom. The monoisotopic (exact) mass is 510 g/mol. The fourth-order valence-corrected chi connectivity index (χ4v) is 5.61. The third-order valence-electron chi connectivity index (χ3n) is 7.43. The Bertz CT molecular complexity index is 866. The van der Waals surface area contributed by atoms with Gasteiger partial charge in [0.1, 0.15) is 11.4 Å². The van der Waals surface area contributed by atoms with E-state index in [0.29, 0.717) is 37.3 Å². The maximum Gasteiger partial charge on any atom is 0.416 e. The normalized spacial score (nSPS) is 23.4. The lowest BCUT2D eigenvalue weighted by molar-refractivity contribution is -0.137. The molecule has 202 valence electrons. The Hall–Kier alpha value is -2.09. The molecule has 1 amide bonds. The maximum atomic E-state index is 12.9. The Morgan fingerprint density at radius 2 is 1.67 bits per heavy atom. The first-order chi connectivity index (χ1) is 16.9. The minimum atomic E-state index is -4.34. The molecule has 36 heavy (non-hydrogen) atoms. The number of ketones is 1. The largest absolute Gasteiger partial charge is 0.444 e. The average Bonchev–Trinajstić information content (AvgIpc) is 3.51. The molecule has 5 nitrogen and oxygen atoms in total. The lowest BCUT2D eigenvalue weighted by Crippen LogP contribution is -2.40. The third kappa shape index (κ3) is 8.22. The Balaban J connectivity index is 1.42. The molecule has 0 spiro atoms. The SMILES string of the molecule is CCCC(CCNC(=O)OC(C)(C)C)N1CCC2C(C(=O)CCc3ccc(C(F)(F)F)cc3)[C@@H]2CC1. The van der Waals surface area contributed by atoms with Gasteiger partial charge in [0.05, 0.1) is 5.56 Å². The first kappa shape index (κ1) is 28.5. The molecule has 1 saturated carbocycles. The fraction of sp³-hybridized carbons (Fsp3) is 0.714. The average molecular weight is 511 g/mol. The van der Waals surface area contributed by atoms with Crippen LogP contribution in [0.25, 0.3) is 0 Å². The van der Waals surface area contributed by atoms with E-state index in [1.807, 2.05) is 20.8 Å². The predicted molar refractivity (Wildman–Crippen MR) is 134 cm³/mol. The molecule has 3 rings (SSSR count). The number of ether oxygens (including phenoxy) is 1. The van der Waals surface area contributed by atoms with Gasteiger partial charge in [-0.2, -0.15) is 13.2 Å². The van der Waals surface area contributed by atoms with Gasteiger partial charge in [-0.3, -0.25) is 4.79 Å². The summed E-state index contributed by atoms with van der Waals surface area (Å²) < 4.78 is 43.5. The van der Waals surface area contributed by atoms with E-state index in [4.69, 9.17) is 4.74 Å². The van der Waals surface area contributed by atoms with E-state index in [9.17, 15) is 22.8 Å². The number of fused-ring (bicyclic) bond motifs is 1. The van der Waals surface area contributed by atoms with E-state index in [1.54, 1.807) is 0 Å². The summed E-state index contributed by atoms with van der Waals surface area (Å²) in [6.07, 6.45) is 1.18. The molecule has 0 bridgehead atoms. The van der Waals surface area contributed by atoms with Gasteiger partial charge in [-0.25, -0.2) is 4.79 Å². The van der Waals surface area contributed by atoms with E-state index >= 15 is 0 Å². The van der Waals surface area contributed by atoms with Crippen LogP contribution in [0, 0.1) is 17.8 Å². The van der Waals surface area contributed by atoms with Gasteiger partial charge in [0.2, 0.25) is 0 Å². The second-order valence-electron chi connectivity index (χ2n) is 11.3. The van der Waals surface area contributed by atoms with Crippen LogP contribution in [0.3, 0.4) is 0 Å². The number of carbonyl (C=O) groups excluding carboxylic acids is 2. The molecule has 1 aliphatic carbocycles. The van der Waals surface area contributed by atoms with Crippen molar-refractivity contribution >= 4 is 11.9 Å². The van der Waals surface area contributed by atoms with Gasteiger partial charge in [0.25, 0.3) is 0 Å². The quantitative estimate of drug-likeness (QED) is 0.404. The Kier molecular flexibility index (Phi) is 9.47. The van der Waals surface area contributed by atoms with Crippen molar-refractivity contribution in [2.75, 3.05) is 19.6 Å². The molecule has 1 aliphatic heterocycles. The lowest BCUT2D eigenvalue weighted by Gasteiger charge is -2.31. The van der Waals surface area contributed by atoms with Gasteiger partial charge >= 0.3 is 12.3 Å². The zero-order chi connectivity index (χ0) is 26.5. The molecular formula is C28H41F3N2O3. The molecule has 1 aromatic carbocycles. The highest BCUT2D eigenvalue weighted by Gasteiger charge is 2.54. The predicted octanol–water partition coefficient (Wildman–Crippen LogP) is 6.25. The summed E-state index contributed by atoms with van der Waals surface area (Å²) in [4.78, 5) is 27.3. The number of hydrogen-bond acceptors (Lipinski definition) is 4. The number of rotatable bonds is 10. The van der Waals surface area contributed by atoms with Gasteiger partial charge in [-0.05, 0) is 95.5 Å². The van der Waals surface area contributed by atoms with Crippen LogP contribution in [0.1, 0.15) is 77.3 Å². The topological polar surface area (TPSA) is 58.6 Å². The highest BCUT2D eigenvalue weighted by atomic mass is 19.4. The standard InChI is InChI=1S/C28H41F3N2O3/c1-5-6-21(13-16-32-26(35)36-27(2,3)4)33-17-14-22-23(15-18-33)25(22)24(34)12-9-19-7-10-20(11-8-19)28(29,30)31/h7-8,10-11,21-23,25H,5-6,9,12-18H2,1-4H3,(H,32,35)/t21?,22-,23?,25?/m1/s1. The van der Waals surface area contributed by atoms with Crippen LogP contribution in [0.2, 0.25) is 0 Å². The molecule has 8 heteroatoms. The number of alkyl halides is 3. The maximum absolute atomic E-state index is 12.9. The Morgan fingerprint density at radius 3 is 2.19 bits per heavy atom. The van der Waals surface area contributed by atoms with Crippen LogP contribution in [0.4, 0.5) is 18.0 Å². The highest BCUT2D eigenvalue weighted by Crippen LogP contribution is 2.53. The van der Waals surface area contributed by atoms with Crippen molar-refractivity contribution in [3.8, 4) is 0 Å². The molecule has 1 N–H and O–H groups in total. The zero-order valence-electron chi connectivity index (χ0n) is 22.0. The lowest BCUT2D eigenvalue weighted by atomic mass is 10.0. The number of carbonyl (C=O) groups is 2. The Labute approximate surface area is 213 Å². The van der Waals surface area contributed by atoms with Crippen LogP contribution in [0.15, 0.2) is 24.3 Å². The van der Waals surface area contributed by atoms with Crippen LogP contribution >= 0.6 is 0 Å². The van der Waals surface area contributed by atoms with Crippen LogP contribution < -0.4 is 5.32 Å². The molecule has 3 unspecified atom stereocenters. The summed E-state index contributed by atoms with van der Waals surface area (Å²) in [5, 5.41) is 2.87. The summed E-state index contributed by atoms with van der Waals surface area (Å²) in [6, 6.07) is 5.53. The van der Waals surface area contributed by atoms with Gasteiger partial charge in [0.15, 0.2) is 0 Å². The van der Waals surface area contributed by atoms with Gasteiger partial charge in [-0.1, -0.05) is 25.5 Å². The molecular weight excluding hydrogens is 469 g/mol. The molecule has 4 atom stereocenters. The minimum Gasteiger partial charge on any atom is -0.444 e. The number of hydrogen-bond donors (Lipinski definition) is 1. The van der Waals surface area contributed by atoms with Crippen LogP contribution in [0.5, 0.6) is 0 Å². The van der Waals surface area contributed by atoms with Crippen molar-refractivity contribution in [1.82, 2.24) is 10.2 Å². The first-order valence-electron chi connectivity index (χ1n) is 13.3. The zero-order valence-corrected chi connectivity index (χ0v) is 22.0. The summed E-state index contributed by atoms with van der Waals surface area (Å²) in [5.41, 5.74) is -0.399. The number of nitrogens with zero attached hydrogens (tertiary/aromatic N) is 1. The second-order valence-corrected chi connectivity index (χ2v) is 11.3. The van der Waals surface area contributed by atoms with Gasteiger partial charge in [0, 0.05) is 24.9 Å². The molecule has 0 radical (unpaired) electrons. The van der Waals surface area contributed by atoms with Crippen molar-refractivity contribution in [2.45, 2.75) is 90.5 Å². The smallest absolute Gasteiger partial charge is 0.416 e. The van der Waals surface area contributed by atoms with E-state index in [2.05, 4.69) is 17.1 Å². The first-order valence-corrected chi connectivity index (χ1v) is 13.3. The number of amides is 1. The van der Waals surface area contributed by atoms with Crippen LogP contribution in [-0.2, 0) is 22.1 Å². The number of likely N-dealkylation sites (tertiary alicyclic amines) is 1. The third-order valence-corrected chi connectivity index (χ3v) is 7.43. The van der Waals surface area contributed by atoms with E-state index in [1.165, 1.54) is 12.1 Å². The van der Waals surface area contributed by atoms with Crippen molar-refractivity contribution in [3.05, 3.63) is 35.4 Å². The number of halogens is 3. The van der Waals surface area contributed by atoms with Crippen LogP contribution in [-0.4, -0.2) is 48.1 Å². The second kappa shape index (κ2) is 12.0. The number of Topliss-reactive ketones (excluding diaryl/α,β-unsaturated/α-hetero) is 1. The van der Waals surface area contributed by atoms with Gasteiger partial charge in [-0.15, -0.1) is 0 Å². The molecule has 1 saturated heterocycles. The van der Waals surface area contributed by atoms with Gasteiger partial charge < -0.3 is 15.0 Å². The molecule has 2 fully saturated rings. The van der Waals surface area contributed by atoms with Crippen molar-refractivity contribution in [1.29, 1.82) is 0 Å². The molecule has 2 aliphatic rings. The summed E-state index contributed by atoms with van der Waals surface area (Å²) >= 11 is 0. The molecule has 1 aromatic rings. The van der Waals surface area contributed by atoms with E-state index in [0.717, 1.165) is 62.9 Å². The van der Waals surface area contributed by atoms with Crippen molar-refractivity contribution in [2.24, 2.45) is 17.8 Å². The summed E-state index contributed by atoms with van der Waals surface area (Å²) in [6.45, 7) is 10.2. The summed E-state index contributed by atoms with van der Waals surface area (Å²) in [7, 11) is 0. The molecule has 1 heterocycles. The van der Waals surface area contributed by atoms with Crippen molar-refractivity contribution in [3.63, 3.8) is 0 Å². The number of aryl methyl sites for hydroxylation is 1. The number of benzene rings is 1. The number of alkyl carbamates (subject to hydrolysis) is 1. The number of nitrogens with one attached hydrogen (secondary N) is 1. The fourth-order valence-electron chi connectivity index (χ4n) is 5.61. The summed E-state index contributed by atoms with van der Waals surface area (Å²) in [5.74, 6) is 1.22. The van der Waals surface area contributed by atoms with Crippen molar-refractivity contribution < 1.29 is 27.5 Å². The minimum absolute atomic E-state index is 0.111. The van der Waals surface area contributed by atoms with E-state index in [-0.39, 0.29) is 17.8 Å². The van der Waals surface area contributed by atoms with E-state index < -0.39 is 17.3 Å².